The highest BCUT2D eigenvalue weighted by Crippen LogP contribution is 2.35. The molecule has 2 aromatic heterocycles. The molecular formula is C21H33N5O. The van der Waals surface area contributed by atoms with Crippen LogP contribution in [0, 0.1) is 19.8 Å². The van der Waals surface area contributed by atoms with Crippen LogP contribution in [0.5, 0.6) is 5.75 Å². The number of nitrogens with zero attached hydrogens (tertiary/aromatic N) is 5. The molecule has 1 aliphatic heterocycles. The lowest BCUT2D eigenvalue weighted by Crippen LogP contribution is -2.40. The van der Waals surface area contributed by atoms with E-state index in [1.807, 2.05) is 31.0 Å². The molecule has 1 fully saturated rings. The number of methoxy groups -OCH3 is 1. The molecule has 3 heterocycles. The van der Waals surface area contributed by atoms with Crippen LogP contribution in [-0.2, 0) is 13.6 Å². The smallest absolute Gasteiger partial charge is 0.128 e. The average molecular weight is 372 g/mol. The molecule has 0 spiro atoms. The minimum absolute atomic E-state index is 0.427. The molecule has 6 heteroatoms. The molecule has 0 N–H and O–H groups in total. The molecule has 0 aliphatic carbocycles. The first-order valence-corrected chi connectivity index (χ1v) is 9.77. The first-order valence-electron chi connectivity index (χ1n) is 9.77. The van der Waals surface area contributed by atoms with Gasteiger partial charge in [0, 0.05) is 55.3 Å². The van der Waals surface area contributed by atoms with Gasteiger partial charge in [0.15, 0.2) is 0 Å². The van der Waals surface area contributed by atoms with Crippen LogP contribution in [0.3, 0.4) is 0 Å². The fourth-order valence-electron chi connectivity index (χ4n) is 4.52. The number of aryl methyl sites for hydroxylation is 2. The van der Waals surface area contributed by atoms with Crippen molar-refractivity contribution in [3.63, 3.8) is 0 Å². The summed E-state index contributed by atoms with van der Waals surface area (Å²) in [6.07, 6.45) is 8.60. The van der Waals surface area contributed by atoms with Crippen molar-refractivity contribution >= 4 is 0 Å². The Kier molecular flexibility index (Phi) is 6.17. The highest BCUT2D eigenvalue weighted by atomic mass is 16.5. The van der Waals surface area contributed by atoms with Crippen molar-refractivity contribution in [2.24, 2.45) is 13.0 Å². The van der Waals surface area contributed by atoms with Gasteiger partial charge in [0.2, 0.25) is 0 Å². The minimum atomic E-state index is 0.427. The summed E-state index contributed by atoms with van der Waals surface area (Å²) in [6, 6.07) is 0.427. The molecule has 0 saturated carbocycles. The normalized spacial score (nSPS) is 21.0. The number of rotatable bonds is 6. The Balaban J connectivity index is 1.73. The zero-order valence-electron chi connectivity index (χ0n) is 17.6. The minimum Gasteiger partial charge on any atom is -0.496 e. The van der Waals surface area contributed by atoms with Crippen molar-refractivity contribution < 1.29 is 4.74 Å². The molecule has 2 atom stereocenters. The lowest BCUT2D eigenvalue weighted by molar-refractivity contribution is 0.0922. The Morgan fingerprint density at radius 2 is 2.04 bits per heavy atom. The highest BCUT2D eigenvalue weighted by Gasteiger charge is 2.32. The number of piperidine rings is 1. The Hall–Kier alpha value is -1.92. The van der Waals surface area contributed by atoms with E-state index in [-0.39, 0.29) is 0 Å². The van der Waals surface area contributed by atoms with Gasteiger partial charge in [0.1, 0.15) is 5.75 Å². The second-order valence-corrected chi connectivity index (χ2v) is 8.02. The van der Waals surface area contributed by atoms with E-state index < -0.39 is 0 Å². The number of pyridine rings is 1. The predicted octanol–water partition coefficient (Wildman–Crippen LogP) is 2.96. The second kappa shape index (κ2) is 8.40. The van der Waals surface area contributed by atoms with Gasteiger partial charge >= 0.3 is 0 Å². The number of hydrogen-bond donors (Lipinski definition) is 0. The second-order valence-electron chi connectivity index (χ2n) is 8.02. The highest BCUT2D eigenvalue weighted by molar-refractivity contribution is 5.41. The largest absolute Gasteiger partial charge is 0.496 e. The Bertz CT molecular complexity index is 772. The number of hydrogen-bond acceptors (Lipinski definition) is 5. The molecule has 27 heavy (non-hydrogen) atoms. The number of ether oxygens (including phenoxy) is 1. The zero-order chi connectivity index (χ0) is 19.6. The maximum absolute atomic E-state index is 5.56. The summed E-state index contributed by atoms with van der Waals surface area (Å²) in [4.78, 5) is 9.55. The first-order chi connectivity index (χ1) is 12.9. The summed E-state index contributed by atoms with van der Waals surface area (Å²) < 4.78 is 7.47. The Morgan fingerprint density at radius 1 is 1.26 bits per heavy atom. The quantitative estimate of drug-likeness (QED) is 0.781. The molecular weight excluding hydrogens is 338 g/mol. The molecule has 0 unspecified atom stereocenters. The fourth-order valence-corrected chi connectivity index (χ4v) is 4.52. The standard InChI is InChI=1S/C21H33N5O/c1-15-10-22-19(16(2)21(15)27-6)14-24(3)12-17-8-7-9-25(4)20(17)18-11-23-26(5)13-18/h10-11,13,17,20H,7-9,12,14H2,1-6H3/t17-,20+/m0/s1. The van der Waals surface area contributed by atoms with Crippen LogP contribution in [0.4, 0.5) is 0 Å². The van der Waals surface area contributed by atoms with E-state index in [0.717, 1.165) is 42.2 Å². The SMILES string of the molecule is COc1c(C)cnc(CN(C)C[C@@H]2CCCN(C)[C@H]2c2cnn(C)c2)c1C. The Labute approximate surface area is 163 Å². The van der Waals surface area contributed by atoms with Crippen molar-refractivity contribution in [3.05, 3.63) is 41.0 Å². The molecule has 0 bridgehead atoms. The van der Waals surface area contributed by atoms with Crippen LogP contribution in [0.15, 0.2) is 18.6 Å². The van der Waals surface area contributed by atoms with Crippen LogP contribution in [-0.4, -0.2) is 58.9 Å². The molecule has 3 rings (SSSR count). The molecule has 2 aromatic rings. The van der Waals surface area contributed by atoms with E-state index >= 15 is 0 Å². The molecule has 148 valence electrons. The van der Waals surface area contributed by atoms with Gasteiger partial charge in [-0.05, 0) is 53.2 Å². The lowest BCUT2D eigenvalue weighted by Gasteiger charge is -2.40. The van der Waals surface area contributed by atoms with Gasteiger partial charge in [-0.2, -0.15) is 5.10 Å². The van der Waals surface area contributed by atoms with E-state index in [4.69, 9.17) is 4.74 Å². The summed E-state index contributed by atoms with van der Waals surface area (Å²) in [5, 5.41) is 4.40. The maximum Gasteiger partial charge on any atom is 0.128 e. The number of likely N-dealkylation sites (tertiary alicyclic amines) is 1. The van der Waals surface area contributed by atoms with E-state index in [1.54, 1.807) is 7.11 Å². The third-order valence-corrected chi connectivity index (χ3v) is 5.79. The van der Waals surface area contributed by atoms with Crippen molar-refractivity contribution in [2.75, 3.05) is 34.3 Å². The van der Waals surface area contributed by atoms with Crippen molar-refractivity contribution in [2.45, 2.75) is 39.3 Å². The van der Waals surface area contributed by atoms with E-state index in [0.29, 0.717) is 12.0 Å². The van der Waals surface area contributed by atoms with Crippen molar-refractivity contribution in [3.8, 4) is 5.75 Å². The van der Waals surface area contributed by atoms with Crippen LogP contribution in [0.2, 0.25) is 0 Å². The predicted molar refractivity (Wildman–Crippen MR) is 108 cm³/mol. The maximum atomic E-state index is 5.56. The van der Waals surface area contributed by atoms with Gasteiger partial charge in [0.25, 0.3) is 0 Å². The molecule has 0 aromatic carbocycles. The van der Waals surface area contributed by atoms with Crippen LogP contribution in [0.25, 0.3) is 0 Å². The summed E-state index contributed by atoms with van der Waals surface area (Å²) in [5.41, 5.74) is 4.66. The summed E-state index contributed by atoms with van der Waals surface area (Å²) >= 11 is 0. The van der Waals surface area contributed by atoms with Gasteiger partial charge in [-0.25, -0.2) is 0 Å². The van der Waals surface area contributed by atoms with E-state index in [2.05, 4.69) is 47.1 Å². The third-order valence-electron chi connectivity index (χ3n) is 5.79. The lowest BCUT2D eigenvalue weighted by atomic mass is 9.85. The van der Waals surface area contributed by atoms with E-state index in [9.17, 15) is 0 Å². The molecule has 6 nitrogen and oxygen atoms in total. The van der Waals surface area contributed by atoms with Gasteiger partial charge in [-0.1, -0.05) is 0 Å². The van der Waals surface area contributed by atoms with Crippen LogP contribution < -0.4 is 4.74 Å². The summed E-state index contributed by atoms with van der Waals surface area (Å²) in [7, 11) is 8.16. The zero-order valence-corrected chi connectivity index (χ0v) is 17.6. The molecule has 1 saturated heterocycles. The topological polar surface area (TPSA) is 46.4 Å². The van der Waals surface area contributed by atoms with Gasteiger partial charge in [0.05, 0.1) is 19.0 Å². The molecule has 0 radical (unpaired) electrons. The molecule has 1 aliphatic rings. The summed E-state index contributed by atoms with van der Waals surface area (Å²) in [5.74, 6) is 1.55. The van der Waals surface area contributed by atoms with Gasteiger partial charge in [-0.3, -0.25) is 14.6 Å². The monoisotopic (exact) mass is 371 g/mol. The Morgan fingerprint density at radius 3 is 2.70 bits per heavy atom. The van der Waals surface area contributed by atoms with Crippen LogP contribution in [0.1, 0.15) is 41.3 Å². The molecule has 0 amide bonds. The van der Waals surface area contributed by atoms with E-state index in [1.165, 1.54) is 18.4 Å². The third kappa shape index (κ3) is 4.33. The average Bonchev–Trinajstić information content (AvgIpc) is 3.04. The first kappa shape index (κ1) is 19.8. The van der Waals surface area contributed by atoms with Gasteiger partial charge < -0.3 is 9.64 Å². The van der Waals surface area contributed by atoms with Crippen LogP contribution >= 0.6 is 0 Å². The fraction of sp³-hybridized carbons (Fsp3) is 0.619. The number of aromatic nitrogens is 3. The summed E-state index contributed by atoms with van der Waals surface area (Å²) in [6.45, 7) is 7.18. The van der Waals surface area contributed by atoms with Crippen molar-refractivity contribution in [1.82, 2.24) is 24.6 Å². The van der Waals surface area contributed by atoms with Crippen molar-refractivity contribution in [1.29, 1.82) is 0 Å². The van der Waals surface area contributed by atoms with Gasteiger partial charge in [-0.15, -0.1) is 0 Å².